The van der Waals surface area contributed by atoms with Gasteiger partial charge >= 0.3 is 0 Å². The summed E-state index contributed by atoms with van der Waals surface area (Å²) in [5.74, 6) is 0. The van der Waals surface area contributed by atoms with Gasteiger partial charge in [0.25, 0.3) is 0 Å². The van der Waals surface area contributed by atoms with Crippen LogP contribution in [0.2, 0.25) is 5.02 Å². The highest BCUT2D eigenvalue weighted by Crippen LogP contribution is 2.47. The fraction of sp³-hybridized carbons (Fsp3) is 0. The summed E-state index contributed by atoms with van der Waals surface area (Å²) < 4.78 is 5.14. The predicted molar refractivity (Wildman–Crippen MR) is 169 cm³/mol. The standard InChI is InChI=1S/C34H20ClNS2/c35-21-14-16-26-29-20-30(24-10-4-5-12-27(24)34(29)38-33(26)18-21)36(22-8-2-1-3-9-22)23-15-17-32-28(19-23)25-11-6-7-13-31(25)37-32/h1-20H. The zero-order valence-corrected chi connectivity index (χ0v) is 22.6. The highest BCUT2D eigenvalue weighted by Gasteiger charge is 2.20. The summed E-state index contributed by atoms with van der Waals surface area (Å²) in [5.41, 5.74) is 3.46. The zero-order valence-electron chi connectivity index (χ0n) is 20.2. The number of benzene rings is 6. The van der Waals surface area contributed by atoms with E-state index >= 15 is 0 Å². The number of nitrogens with zero attached hydrogens (tertiary/aromatic N) is 1. The number of hydrogen-bond acceptors (Lipinski definition) is 3. The molecule has 2 aromatic heterocycles. The molecule has 6 aromatic carbocycles. The zero-order chi connectivity index (χ0) is 25.2. The molecule has 1 nitrogen and oxygen atoms in total. The molecule has 180 valence electrons. The molecule has 0 aliphatic rings. The number of thiophene rings is 2. The van der Waals surface area contributed by atoms with Gasteiger partial charge in [0.05, 0.1) is 5.69 Å². The van der Waals surface area contributed by atoms with E-state index in [9.17, 15) is 0 Å². The van der Waals surface area contributed by atoms with Crippen LogP contribution in [0.4, 0.5) is 17.1 Å². The van der Waals surface area contributed by atoms with Crippen LogP contribution in [0.3, 0.4) is 0 Å². The molecule has 0 aliphatic heterocycles. The van der Waals surface area contributed by atoms with Gasteiger partial charge in [0, 0.05) is 67.5 Å². The van der Waals surface area contributed by atoms with Gasteiger partial charge in [0.1, 0.15) is 0 Å². The Hall–Kier alpha value is -3.89. The molecule has 0 saturated heterocycles. The molecule has 0 unspecified atom stereocenters. The fourth-order valence-corrected chi connectivity index (χ4v) is 8.18. The number of rotatable bonds is 3. The first-order valence-electron chi connectivity index (χ1n) is 12.5. The third kappa shape index (κ3) is 3.36. The van der Waals surface area contributed by atoms with E-state index < -0.39 is 0 Å². The first kappa shape index (κ1) is 22.1. The Labute approximate surface area is 232 Å². The molecule has 0 saturated carbocycles. The molecule has 0 fully saturated rings. The lowest BCUT2D eigenvalue weighted by atomic mass is 10.0. The molecule has 0 atom stereocenters. The van der Waals surface area contributed by atoms with E-state index in [0.29, 0.717) is 0 Å². The minimum Gasteiger partial charge on any atom is -0.310 e. The topological polar surface area (TPSA) is 3.24 Å². The lowest BCUT2D eigenvalue weighted by Crippen LogP contribution is -2.10. The minimum absolute atomic E-state index is 0.774. The van der Waals surface area contributed by atoms with Crippen molar-refractivity contribution in [1.29, 1.82) is 0 Å². The lowest BCUT2D eigenvalue weighted by molar-refractivity contribution is 1.31. The first-order valence-corrected chi connectivity index (χ1v) is 14.6. The molecule has 8 aromatic rings. The first-order chi connectivity index (χ1) is 18.7. The second-order valence-corrected chi connectivity index (χ2v) is 12.1. The van der Waals surface area contributed by atoms with Crippen LogP contribution < -0.4 is 4.90 Å². The van der Waals surface area contributed by atoms with Crippen molar-refractivity contribution in [1.82, 2.24) is 0 Å². The molecular weight excluding hydrogens is 522 g/mol. The van der Waals surface area contributed by atoms with Crippen LogP contribution >= 0.6 is 34.3 Å². The van der Waals surface area contributed by atoms with Gasteiger partial charge in [-0.3, -0.25) is 0 Å². The maximum Gasteiger partial charge on any atom is 0.0547 e. The van der Waals surface area contributed by atoms with Gasteiger partial charge in [-0.1, -0.05) is 78.3 Å². The number of para-hydroxylation sites is 1. The van der Waals surface area contributed by atoms with Crippen molar-refractivity contribution in [2.45, 2.75) is 0 Å². The average Bonchev–Trinajstić information content (AvgIpc) is 3.51. The highest BCUT2D eigenvalue weighted by molar-refractivity contribution is 7.27. The van der Waals surface area contributed by atoms with Crippen LogP contribution in [0, 0.1) is 0 Å². The van der Waals surface area contributed by atoms with Crippen LogP contribution in [0.1, 0.15) is 0 Å². The summed E-state index contributed by atoms with van der Waals surface area (Å²) >= 11 is 10.1. The molecule has 0 bridgehead atoms. The van der Waals surface area contributed by atoms with Crippen molar-refractivity contribution in [3.05, 3.63) is 126 Å². The minimum atomic E-state index is 0.774. The Morgan fingerprint density at radius 1 is 0.447 bits per heavy atom. The Morgan fingerprint density at radius 3 is 2.03 bits per heavy atom. The summed E-state index contributed by atoms with van der Waals surface area (Å²) in [6, 6.07) is 43.7. The molecule has 2 heterocycles. The third-order valence-corrected chi connectivity index (χ3v) is 9.88. The molecule has 0 aliphatic carbocycles. The van der Waals surface area contributed by atoms with E-state index in [2.05, 4.69) is 120 Å². The van der Waals surface area contributed by atoms with Gasteiger partial charge in [0.15, 0.2) is 0 Å². The predicted octanol–water partition coefficient (Wildman–Crippen LogP) is 11.7. The SMILES string of the molecule is Clc1ccc2c(c1)sc1c3ccccc3c(N(c3ccccc3)c3ccc4sc5ccccc5c4c3)cc21. The number of hydrogen-bond donors (Lipinski definition) is 0. The fourth-order valence-electron chi connectivity index (χ4n) is 5.60. The number of fused-ring (bicyclic) bond motifs is 8. The van der Waals surface area contributed by atoms with Crippen LogP contribution in [-0.4, -0.2) is 0 Å². The van der Waals surface area contributed by atoms with Gasteiger partial charge in [-0.25, -0.2) is 0 Å². The van der Waals surface area contributed by atoms with Gasteiger partial charge in [0.2, 0.25) is 0 Å². The maximum absolute atomic E-state index is 6.39. The normalized spacial score (nSPS) is 11.8. The summed E-state index contributed by atoms with van der Waals surface area (Å²) in [6.07, 6.45) is 0. The van der Waals surface area contributed by atoms with Crippen molar-refractivity contribution < 1.29 is 0 Å². The summed E-state index contributed by atoms with van der Waals surface area (Å²) in [4.78, 5) is 2.41. The Kier molecular flexibility index (Phi) is 4.99. The molecule has 0 radical (unpaired) electrons. The highest BCUT2D eigenvalue weighted by atomic mass is 35.5. The molecular formula is C34H20ClNS2. The van der Waals surface area contributed by atoms with Crippen LogP contribution in [0.25, 0.3) is 51.1 Å². The van der Waals surface area contributed by atoms with Gasteiger partial charge in [-0.05, 0) is 54.6 Å². The van der Waals surface area contributed by atoms with Gasteiger partial charge < -0.3 is 4.90 Å². The third-order valence-electron chi connectivity index (χ3n) is 7.29. The average molecular weight is 542 g/mol. The van der Waals surface area contributed by atoms with Crippen molar-refractivity contribution in [3.63, 3.8) is 0 Å². The van der Waals surface area contributed by atoms with E-state index in [1.165, 1.54) is 56.8 Å². The molecule has 0 amide bonds. The summed E-state index contributed by atoms with van der Waals surface area (Å²) in [6.45, 7) is 0. The molecule has 0 N–H and O–H groups in total. The van der Waals surface area contributed by atoms with E-state index in [4.69, 9.17) is 11.6 Å². The van der Waals surface area contributed by atoms with Crippen molar-refractivity contribution >= 4 is 102 Å². The van der Waals surface area contributed by atoms with E-state index in [0.717, 1.165) is 16.4 Å². The summed E-state index contributed by atoms with van der Waals surface area (Å²) in [5, 5.41) is 8.38. The molecule has 38 heavy (non-hydrogen) atoms. The van der Waals surface area contributed by atoms with Gasteiger partial charge in [-0.15, -0.1) is 22.7 Å². The van der Waals surface area contributed by atoms with Crippen molar-refractivity contribution in [3.8, 4) is 0 Å². The smallest absolute Gasteiger partial charge is 0.0547 e. The Bertz CT molecular complexity index is 2160. The molecule has 0 spiro atoms. The number of halogens is 1. The molecule has 8 rings (SSSR count). The quantitative estimate of drug-likeness (QED) is 0.215. The van der Waals surface area contributed by atoms with Crippen molar-refractivity contribution in [2.24, 2.45) is 0 Å². The Morgan fingerprint density at radius 2 is 1.16 bits per heavy atom. The second kappa shape index (κ2) is 8.57. The monoisotopic (exact) mass is 541 g/mol. The van der Waals surface area contributed by atoms with Gasteiger partial charge in [-0.2, -0.15) is 0 Å². The van der Waals surface area contributed by atoms with Crippen LogP contribution in [0.5, 0.6) is 0 Å². The van der Waals surface area contributed by atoms with E-state index in [-0.39, 0.29) is 0 Å². The maximum atomic E-state index is 6.39. The van der Waals surface area contributed by atoms with E-state index in [1.54, 1.807) is 0 Å². The Balaban J connectivity index is 1.47. The van der Waals surface area contributed by atoms with Crippen LogP contribution in [0.15, 0.2) is 121 Å². The van der Waals surface area contributed by atoms with Crippen LogP contribution in [-0.2, 0) is 0 Å². The molecule has 4 heteroatoms. The van der Waals surface area contributed by atoms with E-state index in [1.807, 2.05) is 28.7 Å². The second-order valence-electron chi connectivity index (χ2n) is 9.51. The van der Waals surface area contributed by atoms with Crippen molar-refractivity contribution in [2.75, 3.05) is 4.90 Å². The number of anilines is 3. The largest absolute Gasteiger partial charge is 0.310 e. The lowest BCUT2D eigenvalue weighted by Gasteiger charge is -2.27. The summed E-state index contributed by atoms with van der Waals surface area (Å²) in [7, 11) is 0.